The molecule has 1 aromatic rings. The molecule has 0 unspecified atom stereocenters. The molecule has 1 rings (SSSR count). The molecule has 0 aliphatic carbocycles. The lowest BCUT2D eigenvalue weighted by Crippen LogP contribution is -2.15. The summed E-state index contributed by atoms with van der Waals surface area (Å²) in [5, 5.41) is 9.02. The maximum atomic E-state index is 10.6. The first-order chi connectivity index (χ1) is 6.52. The predicted molar refractivity (Wildman–Crippen MR) is 52.1 cm³/mol. The summed E-state index contributed by atoms with van der Waals surface area (Å²) in [4.78, 5) is 9.90. The smallest absolute Gasteiger partial charge is 0.352 e. The van der Waals surface area contributed by atoms with Crippen LogP contribution in [0.3, 0.4) is 0 Å². The van der Waals surface area contributed by atoms with Crippen molar-refractivity contribution in [1.29, 1.82) is 0 Å². The number of carbonyl (C=O) groups is 1. The Morgan fingerprint density at radius 2 is 1.71 bits per heavy atom. The average Bonchev–Trinajstić information content (AvgIpc) is 2.07. The van der Waals surface area contributed by atoms with E-state index in [0.29, 0.717) is 5.02 Å². The molecule has 1 N–H and O–H groups in total. The minimum atomic E-state index is -2.77. The fraction of sp³-hybridized carbons (Fsp3) is 0. The van der Waals surface area contributed by atoms with Crippen molar-refractivity contribution < 1.29 is 18.3 Å². The lowest BCUT2D eigenvalue weighted by atomic mass is 10.1. The number of rotatable bonds is 2. The van der Waals surface area contributed by atoms with Gasteiger partial charge in [-0.05, 0) is 12.1 Å². The first kappa shape index (κ1) is 10.7. The van der Waals surface area contributed by atoms with Crippen LogP contribution in [-0.2, 0) is 15.1 Å². The molecule has 0 heterocycles. The van der Waals surface area contributed by atoms with Crippen LogP contribution in [0.25, 0.3) is 0 Å². The van der Waals surface area contributed by atoms with Crippen LogP contribution < -0.4 is 0 Å². The summed E-state index contributed by atoms with van der Waals surface area (Å²) in [5.74, 6) is -1.49. The van der Waals surface area contributed by atoms with Gasteiger partial charge in [0.2, 0.25) is 10.3 Å². The molecule has 0 aliphatic rings. The van der Waals surface area contributed by atoms with E-state index in [4.69, 9.17) is 16.7 Å². The second-order valence-corrected chi connectivity index (χ2v) is 3.69. The summed E-state index contributed by atoms with van der Waals surface area (Å²) in [6.45, 7) is 0. The number of hydrogen-bond acceptors (Lipinski definition) is 3. The predicted octanol–water partition coefficient (Wildman–Crippen LogP) is 0.824. The van der Waals surface area contributed by atoms with Gasteiger partial charge in [-0.25, -0.2) is 4.79 Å². The Balaban J connectivity index is 3.36. The number of benzene rings is 1. The zero-order valence-corrected chi connectivity index (χ0v) is 8.34. The molecule has 0 aliphatic heterocycles. The van der Waals surface area contributed by atoms with Gasteiger partial charge in [-0.3, -0.25) is 0 Å². The van der Waals surface area contributed by atoms with Crippen molar-refractivity contribution in [3.05, 3.63) is 34.9 Å². The molecule has 74 valence electrons. The highest BCUT2D eigenvalue weighted by Crippen LogP contribution is 2.10. The van der Waals surface area contributed by atoms with Gasteiger partial charge in [-0.2, -0.15) is 8.42 Å². The van der Waals surface area contributed by atoms with Crippen LogP contribution in [0.15, 0.2) is 24.3 Å². The van der Waals surface area contributed by atoms with E-state index < -0.39 is 21.1 Å². The minimum Gasteiger partial charge on any atom is -0.477 e. The fourth-order valence-electron chi connectivity index (χ4n) is 0.892. The van der Waals surface area contributed by atoms with Gasteiger partial charge in [0.1, 0.15) is 0 Å². The van der Waals surface area contributed by atoms with Gasteiger partial charge in [-0.15, -0.1) is 0 Å². The van der Waals surface area contributed by atoms with Crippen molar-refractivity contribution in [2.75, 3.05) is 0 Å². The largest absolute Gasteiger partial charge is 0.477 e. The van der Waals surface area contributed by atoms with Crippen LogP contribution in [0.2, 0.25) is 5.02 Å². The molecule has 4 nitrogen and oxygen atoms in total. The van der Waals surface area contributed by atoms with Gasteiger partial charge in [0.05, 0.1) is 0 Å². The Kier molecular flexibility index (Phi) is 3.27. The zero-order valence-electron chi connectivity index (χ0n) is 6.77. The van der Waals surface area contributed by atoms with Crippen LogP contribution >= 0.6 is 11.6 Å². The zero-order chi connectivity index (χ0) is 10.7. The standard InChI is InChI=1S/C8H5ClO4S/c9-6-3-1-5(2-4-6)7(8(10)11)14(12)13/h1-4H,(H,10,11). The highest BCUT2D eigenvalue weighted by atomic mass is 35.5. The quantitative estimate of drug-likeness (QED) is 0.606. The summed E-state index contributed by atoms with van der Waals surface area (Å²) in [6.07, 6.45) is 0. The number of carboxylic acids is 1. The molecular weight excluding hydrogens is 228 g/mol. The van der Waals surface area contributed by atoms with Crippen molar-refractivity contribution in [2.45, 2.75) is 0 Å². The van der Waals surface area contributed by atoms with E-state index in [2.05, 4.69) is 0 Å². The first-order valence-corrected chi connectivity index (χ1v) is 4.93. The molecule has 0 aromatic heterocycles. The Morgan fingerprint density at radius 3 is 2.07 bits per heavy atom. The number of hydrogen-bond donors (Lipinski definition) is 1. The van der Waals surface area contributed by atoms with E-state index in [1.165, 1.54) is 24.3 Å². The van der Waals surface area contributed by atoms with Gasteiger partial charge in [0.25, 0.3) is 0 Å². The Hall–Kier alpha value is -1.33. The van der Waals surface area contributed by atoms with Crippen LogP contribution in [0.4, 0.5) is 0 Å². The lowest BCUT2D eigenvalue weighted by Gasteiger charge is -1.96. The molecular formula is C8H5ClO4S. The molecule has 14 heavy (non-hydrogen) atoms. The maximum Gasteiger partial charge on any atom is 0.352 e. The van der Waals surface area contributed by atoms with Crippen molar-refractivity contribution >= 4 is 32.7 Å². The second kappa shape index (κ2) is 4.26. The molecule has 0 spiro atoms. The van der Waals surface area contributed by atoms with E-state index in [-0.39, 0.29) is 5.56 Å². The van der Waals surface area contributed by atoms with Crippen molar-refractivity contribution in [3.8, 4) is 0 Å². The van der Waals surface area contributed by atoms with Gasteiger partial charge >= 0.3 is 5.97 Å². The van der Waals surface area contributed by atoms with E-state index in [1.807, 2.05) is 0 Å². The van der Waals surface area contributed by atoms with E-state index in [0.717, 1.165) is 0 Å². The molecule has 0 radical (unpaired) electrons. The third-order valence-electron chi connectivity index (χ3n) is 1.47. The minimum absolute atomic E-state index is 0.107. The molecule has 6 heteroatoms. The number of carboxylic acid groups (broad SMARTS) is 1. The van der Waals surface area contributed by atoms with Crippen molar-refractivity contribution in [3.63, 3.8) is 0 Å². The first-order valence-electron chi connectivity index (χ1n) is 3.48. The van der Waals surface area contributed by atoms with Crippen molar-refractivity contribution in [2.24, 2.45) is 0 Å². The molecule has 0 saturated heterocycles. The van der Waals surface area contributed by atoms with E-state index >= 15 is 0 Å². The summed E-state index contributed by atoms with van der Waals surface area (Å²) in [7, 11) is -2.77. The molecule has 1 aromatic carbocycles. The topological polar surface area (TPSA) is 71.4 Å². The lowest BCUT2D eigenvalue weighted by molar-refractivity contribution is -0.129. The molecule has 0 amide bonds. The summed E-state index contributed by atoms with van der Waals surface area (Å²) in [5.41, 5.74) is 0.107. The SMILES string of the molecule is O=C(O)C(c1ccc(Cl)cc1)=S(=O)=O. The Labute approximate surface area is 86.3 Å². The Bertz CT molecular complexity index is 479. The van der Waals surface area contributed by atoms with Gasteiger partial charge in [-0.1, -0.05) is 23.7 Å². The van der Waals surface area contributed by atoms with Crippen LogP contribution in [0.5, 0.6) is 0 Å². The highest BCUT2D eigenvalue weighted by molar-refractivity contribution is 7.75. The molecule has 0 fully saturated rings. The fourth-order valence-corrected chi connectivity index (χ4v) is 1.49. The normalized spacial score (nSPS) is 9.50. The van der Waals surface area contributed by atoms with Gasteiger partial charge in [0, 0.05) is 10.6 Å². The third-order valence-corrected chi connectivity index (χ3v) is 2.46. The summed E-state index contributed by atoms with van der Waals surface area (Å²) < 4.78 is 21.2. The Morgan fingerprint density at radius 1 is 1.21 bits per heavy atom. The number of halogens is 1. The number of aliphatic carboxylic acids is 1. The maximum absolute atomic E-state index is 10.6. The van der Waals surface area contributed by atoms with E-state index in [1.54, 1.807) is 0 Å². The average molecular weight is 233 g/mol. The van der Waals surface area contributed by atoms with Crippen LogP contribution in [-0.4, -0.2) is 24.4 Å². The molecule has 0 bridgehead atoms. The van der Waals surface area contributed by atoms with Crippen LogP contribution in [0.1, 0.15) is 5.56 Å². The summed E-state index contributed by atoms with van der Waals surface area (Å²) in [6, 6.07) is 5.52. The molecule has 0 atom stereocenters. The summed E-state index contributed by atoms with van der Waals surface area (Å²) >= 11 is 5.56. The van der Waals surface area contributed by atoms with Crippen LogP contribution in [0, 0.1) is 0 Å². The van der Waals surface area contributed by atoms with E-state index in [9.17, 15) is 13.2 Å². The molecule has 0 saturated carbocycles. The highest BCUT2D eigenvalue weighted by Gasteiger charge is 2.13. The van der Waals surface area contributed by atoms with Gasteiger partial charge < -0.3 is 5.11 Å². The van der Waals surface area contributed by atoms with Crippen molar-refractivity contribution in [1.82, 2.24) is 0 Å². The third kappa shape index (κ3) is 2.34. The van der Waals surface area contributed by atoms with Gasteiger partial charge in [0.15, 0.2) is 4.86 Å². The second-order valence-electron chi connectivity index (χ2n) is 2.38. The monoisotopic (exact) mass is 232 g/mol.